The lowest BCUT2D eigenvalue weighted by atomic mass is 10.3. The van der Waals surface area contributed by atoms with Crippen LogP contribution in [0.15, 0.2) is 28.7 Å². The highest BCUT2D eigenvalue weighted by molar-refractivity contribution is 9.10. The van der Waals surface area contributed by atoms with Crippen molar-refractivity contribution in [3.05, 3.63) is 49.7 Å². The molecule has 0 radical (unpaired) electrons. The molecule has 2 aromatic rings. The van der Waals surface area contributed by atoms with E-state index in [0.717, 1.165) is 4.68 Å². The summed E-state index contributed by atoms with van der Waals surface area (Å²) in [6.07, 6.45) is -3.08. The van der Waals surface area contributed by atoms with E-state index >= 15 is 0 Å². The van der Waals surface area contributed by atoms with E-state index in [0.29, 0.717) is 10.2 Å². The van der Waals surface area contributed by atoms with Gasteiger partial charge in [-0.25, -0.2) is 13.5 Å². The van der Waals surface area contributed by atoms with E-state index in [9.17, 15) is 18.9 Å². The third kappa shape index (κ3) is 2.45. The van der Waals surface area contributed by atoms with Crippen molar-refractivity contribution in [1.82, 2.24) is 9.78 Å². The molecular formula is C10H5BrClF2N3O2. The lowest BCUT2D eigenvalue weighted by Crippen LogP contribution is -1.98. The lowest BCUT2D eigenvalue weighted by molar-refractivity contribution is -0.386. The monoisotopic (exact) mass is 351 g/mol. The summed E-state index contributed by atoms with van der Waals surface area (Å²) in [5, 5.41) is 13.9. The number of para-hydroxylation sites is 1. The quantitative estimate of drug-likeness (QED) is 0.616. The standard InChI is InChI=1S/C10H5BrClF2N3O2/c11-5-3-1-2-4-6(5)16-9(12)8(17(18)19)7(15-16)10(13)14/h1-4,10H. The second kappa shape index (κ2) is 5.22. The molecule has 19 heavy (non-hydrogen) atoms. The molecule has 0 N–H and O–H groups in total. The van der Waals surface area contributed by atoms with Gasteiger partial charge in [-0.15, -0.1) is 0 Å². The number of rotatable bonds is 3. The average molecular weight is 353 g/mol. The van der Waals surface area contributed by atoms with Crippen LogP contribution in [-0.4, -0.2) is 14.7 Å². The first-order chi connectivity index (χ1) is 8.93. The second-order valence-electron chi connectivity index (χ2n) is 3.45. The van der Waals surface area contributed by atoms with E-state index in [4.69, 9.17) is 11.6 Å². The summed E-state index contributed by atoms with van der Waals surface area (Å²) in [5.41, 5.74) is -1.50. The van der Waals surface area contributed by atoms with Gasteiger partial charge < -0.3 is 0 Å². The summed E-state index contributed by atoms with van der Waals surface area (Å²) in [5.74, 6) is 0. The van der Waals surface area contributed by atoms with Gasteiger partial charge in [0.05, 0.1) is 10.6 Å². The maximum absolute atomic E-state index is 12.7. The Morgan fingerprint density at radius 1 is 1.42 bits per heavy atom. The molecule has 0 fully saturated rings. The third-order valence-corrected chi connectivity index (χ3v) is 3.31. The zero-order valence-corrected chi connectivity index (χ0v) is 11.4. The van der Waals surface area contributed by atoms with Crippen LogP contribution in [0.5, 0.6) is 0 Å². The predicted octanol–water partition coefficient (Wildman–Crippen LogP) is 4.13. The largest absolute Gasteiger partial charge is 0.335 e. The summed E-state index contributed by atoms with van der Waals surface area (Å²) in [6.45, 7) is 0. The highest BCUT2D eigenvalue weighted by Crippen LogP contribution is 2.37. The van der Waals surface area contributed by atoms with Gasteiger partial charge in [0.25, 0.3) is 6.43 Å². The van der Waals surface area contributed by atoms with Crippen LogP contribution in [0.4, 0.5) is 14.5 Å². The summed E-state index contributed by atoms with van der Waals surface area (Å²) in [6, 6.07) is 6.52. The van der Waals surface area contributed by atoms with Crippen LogP contribution in [0.1, 0.15) is 12.1 Å². The maximum Gasteiger partial charge on any atom is 0.335 e. The molecule has 0 aliphatic carbocycles. The summed E-state index contributed by atoms with van der Waals surface area (Å²) >= 11 is 8.98. The second-order valence-corrected chi connectivity index (χ2v) is 4.66. The molecule has 1 heterocycles. The van der Waals surface area contributed by atoms with Crippen LogP contribution in [0.3, 0.4) is 0 Å². The molecule has 9 heteroatoms. The minimum absolute atomic E-state index is 0.336. The van der Waals surface area contributed by atoms with Crippen molar-refractivity contribution in [3.8, 4) is 5.69 Å². The maximum atomic E-state index is 12.7. The Hall–Kier alpha value is -1.54. The minimum atomic E-state index is -3.08. The van der Waals surface area contributed by atoms with Gasteiger partial charge >= 0.3 is 5.69 Å². The Labute approximate surface area is 119 Å². The third-order valence-electron chi connectivity index (χ3n) is 2.30. The Morgan fingerprint density at radius 3 is 2.53 bits per heavy atom. The van der Waals surface area contributed by atoms with E-state index in [1.807, 2.05) is 0 Å². The molecule has 0 saturated heterocycles. The van der Waals surface area contributed by atoms with Gasteiger partial charge in [-0.3, -0.25) is 10.1 Å². The van der Waals surface area contributed by atoms with Crippen LogP contribution in [0, 0.1) is 10.1 Å². The number of hydrogen-bond donors (Lipinski definition) is 0. The molecule has 0 atom stereocenters. The molecule has 0 unspecified atom stereocenters. The molecular weight excluding hydrogens is 347 g/mol. The molecule has 0 bridgehead atoms. The number of aromatic nitrogens is 2. The van der Waals surface area contributed by atoms with E-state index in [1.54, 1.807) is 24.3 Å². The number of hydrogen-bond acceptors (Lipinski definition) is 3. The summed E-state index contributed by atoms with van der Waals surface area (Å²) in [4.78, 5) is 9.83. The van der Waals surface area contributed by atoms with Gasteiger partial charge in [0.2, 0.25) is 10.8 Å². The zero-order chi connectivity index (χ0) is 14.2. The summed E-state index contributed by atoms with van der Waals surface area (Å²) in [7, 11) is 0. The Morgan fingerprint density at radius 2 is 2.05 bits per heavy atom. The van der Waals surface area contributed by atoms with Crippen LogP contribution in [0.25, 0.3) is 5.69 Å². The van der Waals surface area contributed by atoms with Crippen molar-refractivity contribution in [2.75, 3.05) is 0 Å². The SMILES string of the molecule is O=[N+]([O-])c1c(C(F)F)nn(-c2ccccc2Br)c1Cl. The fourth-order valence-corrected chi connectivity index (χ4v) is 2.25. The smallest absolute Gasteiger partial charge is 0.258 e. The Kier molecular flexibility index (Phi) is 3.81. The van der Waals surface area contributed by atoms with Crippen LogP contribution in [-0.2, 0) is 0 Å². The molecule has 1 aromatic carbocycles. The molecule has 5 nitrogen and oxygen atoms in total. The molecule has 0 spiro atoms. The van der Waals surface area contributed by atoms with Crippen molar-refractivity contribution >= 4 is 33.2 Å². The number of nitro groups is 1. The molecule has 100 valence electrons. The fourth-order valence-electron chi connectivity index (χ4n) is 1.50. The first-order valence-corrected chi connectivity index (χ1v) is 6.06. The highest BCUT2D eigenvalue weighted by atomic mass is 79.9. The van der Waals surface area contributed by atoms with E-state index in [-0.39, 0.29) is 0 Å². The first-order valence-electron chi connectivity index (χ1n) is 4.89. The van der Waals surface area contributed by atoms with Gasteiger partial charge in [0, 0.05) is 4.47 Å². The van der Waals surface area contributed by atoms with Gasteiger partial charge in [0.1, 0.15) is 0 Å². The first kappa shape index (κ1) is 13.9. The normalized spacial score (nSPS) is 11.0. The number of alkyl halides is 2. The Balaban J connectivity index is 2.70. The number of halogens is 4. The predicted molar refractivity (Wildman–Crippen MR) is 67.9 cm³/mol. The van der Waals surface area contributed by atoms with E-state index in [2.05, 4.69) is 21.0 Å². The number of benzene rings is 1. The van der Waals surface area contributed by atoms with Crippen molar-refractivity contribution < 1.29 is 13.7 Å². The molecule has 0 saturated carbocycles. The fraction of sp³-hybridized carbons (Fsp3) is 0.100. The van der Waals surface area contributed by atoms with Gasteiger partial charge in [-0.1, -0.05) is 23.7 Å². The average Bonchev–Trinajstić information content (AvgIpc) is 2.68. The van der Waals surface area contributed by atoms with Crippen molar-refractivity contribution in [2.24, 2.45) is 0 Å². The topological polar surface area (TPSA) is 61.0 Å². The molecule has 0 aliphatic heterocycles. The van der Waals surface area contributed by atoms with E-state index < -0.39 is 27.9 Å². The van der Waals surface area contributed by atoms with Gasteiger partial charge in [0.15, 0.2) is 0 Å². The molecule has 0 amide bonds. The van der Waals surface area contributed by atoms with Crippen LogP contribution in [0.2, 0.25) is 5.15 Å². The van der Waals surface area contributed by atoms with Crippen LogP contribution < -0.4 is 0 Å². The zero-order valence-electron chi connectivity index (χ0n) is 9.06. The van der Waals surface area contributed by atoms with Crippen molar-refractivity contribution in [1.29, 1.82) is 0 Å². The molecule has 1 aromatic heterocycles. The Bertz CT molecular complexity index is 648. The van der Waals surface area contributed by atoms with Crippen molar-refractivity contribution in [3.63, 3.8) is 0 Å². The van der Waals surface area contributed by atoms with Crippen LogP contribution >= 0.6 is 27.5 Å². The van der Waals surface area contributed by atoms with Crippen molar-refractivity contribution in [2.45, 2.75) is 6.43 Å². The highest BCUT2D eigenvalue weighted by Gasteiger charge is 2.33. The summed E-state index contributed by atoms with van der Waals surface area (Å²) < 4.78 is 26.9. The number of nitrogens with zero attached hydrogens (tertiary/aromatic N) is 3. The minimum Gasteiger partial charge on any atom is -0.258 e. The van der Waals surface area contributed by atoms with Gasteiger partial charge in [-0.05, 0) is 28.1 Å². The molecule has 0 aliphatic rings. The van der Waals surface area contributed by atoms with E-state index in [1.165, 1.54) is 0 Å². The molecule has 2 rings (SSSR count). The van der Waals surface area contributed by atoms with Gasteiger partial charge in [-0.2, -0.15) is 5.10 Å². The lowest BCUT2D eigenvalue weighted by Gasteiger charge is -2.04.